The lowest BCUT2D eigenvalue weighted by atomic mass is 9.80. The number of nitrogens with zero attached hydrogens (tertiary/aromatic N) is 1. The highest BCUT2D eigenvalue weighted by Crippen LogP contribution is 2.43. The van der Waals surface area contributed by atoms with E-state index < -0.39 is 53.0 Å². The molecule has 4 aromatic rings. The summed E-state index contributed by atoms with van der Waals surface area (Å²) < 4.78 is 30.8. The second-order valence-electron chi connectivity index (χ2n) is 12.1. The highest BCUT2D eigenvalue weighted by Gasteiger charge is 2.49. The number of carbonyl (C=O) groups is 1. The van der Waals surface area contributed by atoms with E-state index in [0.717, 1.165) is 27.3 Å². The second-order valence-corrected chi connectivity index (χ2v) is 12.1. The maximum Gasteiger partial charge on any atom is 0.408 e. The summed E-state index contributed by atoms with van der Waals surface area (Å²) in [6, 6.07) is 25.6. The van der Waals surface area contributed by atoms with E-state index >= 15 is 0 Å². The average molecular weight is 646 g/mol. The third-order valence-electron chi connectivity index (χ3n) is 7.79. The summed E-state index contributed by atoms with van der Waals surface area (Å²) in [4.78, 5) is 39.6. The fraction of sp³-hybridized carbons (Fsp3) is 0.343. The molecule has 3 aromatic carbocycles. The van der Waals surface area contributed by atoms with Crippen molar-refractivity contribution in [3.63, 3.8) is 0 Å². The number of carbonyl (C=O) groups excluding carboxylic acids is 1. The number of benzene rings is 3. The van der Waals surface area contributed by atoms with Crippen LogP contribution in [0.1, 0.15) is 43.7 Å². The van der Waals surface area contributed by atoms with Crippen molar-refractivity contribution in [1.29, 1.82) is 0 Å². The van der Waals surface area contributed by atoms with Crippen LogP contribution in [0.2, 0.25) is 0 Å². The predicted octanol–water partition coefficient (Wildman–Crippen LogP) is 3.71. The molecule has 1 aliphatic heterocycles. The van der Waals surface area contributed by atoms with Gasteiger partial charge in [-0.1, -0.05) is 54.6 Å². The van der Waals surface area contributed by atoms with Gasteiger partial charge in [-0.05, 0) is 61.7 Å². The summed E-state index contributed by atoms with van der Waals surface area (Å²) in [5.74, 6) is 1.31. The Labute approximate surface area is 271 Å². The number of H-pyrrole nitrogens is 1. The van der Waals surface area contributed by atoms with E-state index in [9.17, 15) is 19.5 Å². The molecule has 12 heteroatoms. The van der Waals surface area contributed by atoms with Crippen LogP contribution in [0.4, 0.5) is 4.79 Å². The normalized spacial score (nSPS) is 19.6. The minimum absolute atomic E-state index is 0.202. The lowest BCUT2D eigenvalue weighted by Gasteiger charge is -2.37. The molecule has 12 nitrogen and oxygen atoms in total. The summed E-state index contributed by atoms with van der Waals surface area (Å²) >= 11 is 0. The molecule has 0 aliphatic carbocycles. The Balaban J connectivity index is 1.59. The van der Waals surface area contributed by atoms with Gasteiger partial charge in [-0.25, -0.2) is 9.59 Å². The van der Waals surface area contributed by atoms with Crippen molar-refractivity contribution in [3.05, 3.63) is 129 Å². The van der Waals surface area contributed by atoms with Crippen LogP contribution in [0.5, 0.6) is 11.5 Å². The molecule has 2 heterocycles. The summed E-state index contributed by atoms with van der Waals surface area (Å²) in [5, 5.41) is 14.2. The minimum Gasteiger partial charge on any atom is -0.497 e. The molecule has 1 fully saturated rings. The van der Waals surface area contributed by atoms with Crippen LogP contribution in [0.3, 0.4) is 0 Å². The van der Waals surface area contributed by atoms with Crippen LogP contribution in [0.25, 0.3) is 0 Å². The first kappa shape index (κ1) is 33.5. The van der Waals surface area contributed by atoms with Crippen LogP contribution in [0.15, 0.2) is 101 Å². The van der Waals surface area contributed by atoms with Crippen LogP contribution in [-0.2, 0) is 19.8 Å². The van der Waals surface area contributed by atoms with Gasteiger partial charge in [0.2, 0.25) is 0 Å². The Morgan fingerprint density at radius 3 is 1.94 bits per heavy atom. The number of hydrogen-bond acceptors (Lipinski definition) is 9. The fourth-order valence-corrected chi connectivity index (χ4v) is 5.60. The van der Waals surface area contributed by atoms with Gasteiger partial charge in [-0.2, -0.15) is 0 Å². The Hall–Kier alpha value is -4.91. The lowest BCUT2D eigenvalue weighted by molar-refractivity contribution is -0.0967. The summed E-state index contributed by atoms with van der Waals surface area (Å²) in [6.45, 7) is 5.16. The molecule has 1 saturated heterocycles. The highest BCUT2D eigenvalue weighted by atomic mass is 16.6. The number of nitrogens with one attached hydrogen (secondary N) is 2. The maximum absolute atomic E-state index is 13.0. The van der Waals surface area contributed by atoms with Crippen LogP contribution < -0.4 is 26.0 Å². The number of aromatic amines is 1. The van der Waals surface area contributed by atoms with E-state index in [2.05, 4.69) is 10.3 Å². The van der Waals surface area contributed by atoms with Crippen LogP contribution in [0, 0.1) is 0 Å². The number of aliphatic hydroxyl groups excluding tert-OH is 1. The average Bonchev–Trinajstić information content (AvgIpc) is 3.35. The number of amides is 1. The number of ether oxygens (including phenoxy) is 5. The third-order valence-corrected chi connectivity index (χ3v) is 7.79. The Bertz CT molecular complexity index is 1720. The van der Waals surface area contributed by atoms with Crippen LogP contribution >= 0.6 is 0 Å². The molecule has 0 spiro atoms. The maximum atomic E-state index is 13.0. The Kier molecular flexibility index (Phi) is 9.85. The topological polar surface area (TPSA) is 150 Å². The van der Waals surface area contributed by atoms with Gasteiger partial charge in [0.1, 0.15) is 29.3 Å². The molecule has 1 aromatic heterocycles. The quantitative estimate of drug-likeness (QED) is 0.219. The van der Waals surface area contributed by atoms with Gasteiger partial charge >= 0.3 is 11.8 Å². The van der Waals surface area contributed by atoms with Gasteiger partial charge in [0.15, 0.2) is 12.3 Å². The molecule has 5 rings (SSSR count). The van der Waals surface area contributed by atoms with Crippen molar-refractivity contribution in [3.8, 4) is 11.5 Å². The molecular formula is C35H39N3O9. The minimum atomic E-state index is -1.49. The summed E-state index contributed by atoms with van der Waals surface area (Å²) in [7, 11) is 3.17. The SMILES string of the molecule is COc1ccc(C(OC[C@H]2O[C@@H](n3ccc(=O)[nH]c3=O)[C@H](O)[C@@H]2OC(=O)NC(C)(C)C)(c2ccccc2)c2ccc(OC)cc2)cc1. The monoisotopic (exact) mass is 645 g/mol. The zero-order valence-electron chi connectivity index (χ0n) is 26.8. The van der Waals surface area contributed by atoms with E-state index in [0.29, 0.717) is 11.5 Å². The van der Waals surface area contributed by atoms with Gasteiger partial charge in [0.05, 0.1) is 20.8 Å². The summed E-state index contributed by atoms with van der Waals surface area (Å²) in [6.07, 6.45) is -4.68. The Morgan fingerprint density at radius 1 is 0.872 bits per heavy atom. The molecule has 0 saturated carbocycles. The van der Waals surface area contributed by atoms with Crippen molar-refractivity contribution < 1.29 is 33.6 Å². The number of alkyl carbamates (subject to hydrolysis) is 1. The molecule has 248 valence electrons. The molecule has 0 bridgehead atoms. The van der Waals surface area contributed by atoms with Gasteiger partial charge < -0.3 is 34.1 Å². The molecule has 4 atom stereocenters. The van der Waals surface area contributed by atoms with E-state index in [1.54, 1.807) is 35.0 Å². The molecule has 3 N–H and O–H groups in total. The first-order chi connectivity index (χ1) is 22.4. The van der Waals surface area contributed by atoms with Gasteiger partial charge in [-0.3, -0.25) is 14.3 Å². The van der Waals surface area contributed by atoms with Crippen LogP contribution in [-0.4, -0.2) is 65.4 Å². The number of methoxy groups -OCH3 is 2. The first-order valence-electron chi connectivity index (χ1n) is 15.1. The third kappa shape index (κ3) is 7.25. The first-order valence-corrected chi connectivity index (χ1v) is 15.1. The largest absolute Gasteiger partial charge is 0.497 e. The number of aromatic nitrogens is 2. The van der Waals surface area contributed by atoms with Gasteiger partial charge in [0.25, 0.3) is 5.56 Å². The second kappa shape index (κ2) is 13.8. The Morgan fingerprint density at radius 2 is 1.43 bits per heavy atom. The van der Waals surface area contributed by atoms with Crippen molar-refractivity contribution in [1.82, 2.24) is 14.9 Å². The number of rotatable bonds is 10. The fourth-order valence-electron chi connectivity index (χ4n) is 5.60. The van der Waals surface area contributed by atoms with Gasteiger partial charge in [-0.15, -0.1) is 0 Å². The zero-order valence-corrected chi connectivity index (χ0v) is 26.8. The van der Waals surface area contributed by atoms with Crippen molar-refractivity contribution in [2.75, 3.05) is 20.8 Å². The smallest absolute Gasteiger partial charge is 0.408 e. The van der Waals surface area contributed by atoms with Crippen molar-refractivity contribution >= 4 is 6.09 Å². The lowest BCUT2D eigenvalue weighted by Crippen LogP contribution is -2.47. The molecular weight excluding hydrogens is 606 g/mol. The number of aliphatic hydroxyl groups is 1. The number of hydrogen-bond donors (Lipinski definition) is 3. The van der Waals surface area contributed by atoms with E-state index in [1.807, 2.05) is 78.9 Å². The summed E-state index contributed by atoms with van der Waals surface area (Å²) in [5.41, 5.74) is -0.981. The van der Waals surface area contributed by atoms with Crippen molar-refractivity contribution in [2.45, 2.75) is 56.5 Å². The van der Waals surface area contributed by atoms with E-state index in [-0.39, 0.29) is 6.61 Å². The molecule has 1 aliphatic rings. The predicted molar refractivity (Wildman–Crippen MR) is 173 cm³/mol. The molecule has 0 radical (unpaired) electrons. The molecule has 1 amide bonds. The van der Waals surface area contributed by atoms with Gasteiger partial charge in [0, 0.05) is 17.8 Å². The zero-order chi connectivity index (χ0) is 33.8. The van der Waals surface area contributed by atoms with E-state index in [1.165, 1.54) is 6.20 Å². The molecule has 47 heavy (non-hydrogen) atoms. The highest BCUT2D eigenvalue weighted by molar-refractivity contribution is 5.68. The molecule has 0 unspecified atom stereocenters. The van der Waals surface area contributed by atoms with Crippen molar-refractivity contribution in [2.24, 2.45) is 0 Å². The standard InChI is InChI=1S/C35H39N3O9/c1-34(2,3)37-33(42)47-30-27(46-31(29(30)40)38-20-19-28(39)36-32(38)41)21-45-35(22-9-7-6-8-10-22,23-11-15-25(43-4)16-12-23)24-13-17-26(44-5)18-14-24/h6-20,27,29-31,40H,21H2,1-5H3,(H,37,42)(H,36,39,41)/t27-,29-,30-,31-/m1/s1. The van der Waals surface area contributed by atoms with E-state index in [4.69, 9.17) is 23.7 Å².